The molecule has 4 rings (SSSR count). The van der Waals surface area contributed by atoms with E-state index in [1.165, 1.54) is 0 Å². The first kappa shape index (κ1) is 24.3. The molecule has 2 heterocycles. The summed E-state index contributed by atoms with van der Waals surface area (Å²) in [6.45, 7) is -2.02. The number of amides is 4. The number of imide groups is 2. The van der Waals surface area contributed by atoms with Crippen LogP contribution in [0, 0.1) is 0 Å². The van der Waals surface area contributed by atoms with Gasteiger partial charge in [-0.3, -0.25) is 29.0 Å². The normalized spacial score (nSPS) is 16.2. The number of carbonyl (C=O) groups excluding carboxylic acids is 4. The van der Waals surface area contributed by atoms with E-state index in [1.807, 2.05) is 0 Å². The largest absolute Gasteiger partial charge is 0.390 e. The van der Waals surface area contributed by atoms with Crippen molar-refractivity contribution in [2.45, 2.75) is 25.2 Å². The van der Waals surface area contributed by atoms with E-state index in [1.54, 1.807) is 0 Å². The molecular weight excluding hydrogens is 517 g/mol. The van der Waals surface area contributed by atoms with Crippen molar-refractivity contribution in [1.29, 1.82) is 0 Å². The van der Waals surface area contributed by atoms with E-state index in [4.69, 9.17) is 23.2 Å². The molecule has 0 spiro atoms. The Labute approximate surface area is 196 Å². The Morgan fingerprint density at radius 2 is 0.941 bits per heavy atom. The van der Waals surface area contributed by atoms with Crippen LogP contribution in [0.15, 0.2) is 12.1 Å². The summed E-state index contributed by atoms with van der Waals surface area (Å²) >= 11 is 12.3. The van der Waals surface area contributed by atoms with E-state index in [-0.39, 0.29) is 21.9 Å². The van der Waals surface area contributed by atoms with E-state index in [2.05, 4.69) is 0 Å². The van der Waals surface area contributed by atoms with Crippen molar-refractivity contribution < 1.29 is 45.5 Å². The van der Waals surface area contributed by atoms with Crippen molar-refractivity contribution in [2.75, 3.05) is 13.1 Å². The third-order valence-corrected chi connectivity index (χ3v) is 6.01. The molecule has 0 saturated carbocycles. The molecule has 0 atom stereocenters. The first-order valence-electron chi connectivity index (χ1n) is 9.47. The maximum atomic E-state index is 12.9. The lowest BCUT2D eigenvalue weighted by Crippen LogP contribution is -2.45. The van der Waals surface area contributed by atoms with E-state index < -0.39 is 83.1 Å². The van der Waals surface area contributed by atoms with Gasteiger partial charge in [0, 0.05) is 23.9 Å². The average Bonchev–Trinajstić information content (AvgIpc) is 2.69. The minimum Gasteiger partial charge on any atom is -0.274 e. The third-order valence-electron chi connectivity index (χ3n) is 5.42. The van der Waals surface area contributed by atoms with Crippen LogP contribution in [0.25, 0.3) is 10.8 Å². The van der Waals surface area contributed by atoms with Crippen LogP contribution >= 0.6 is 23.2 Å². The molecule has 0 N–H and O–H groups in total. The van der Waals surface area contributed by atoms with Crippen LogP contribution in [-0.2, 0) is 0 Å². The molecule has 0 fully saturated rings. The van der Waals surface area contributed by atoms with Gasteiger partial charge in [-0.1, -0.05) is 23.2 Å². The monoisotopic (exact) mass is 526 g/mol. The van der Waals surface area contributed by atoms with Gasteiger partial charge in [0.1, 0.15) is 0 Å². The van der Waals surface area contributed by atoms with Crippen molar-refractivity contribution in [3.8, 4) is 0 Å². The van der Waals surface area contributed by atoms with Crippen molar-refractivity contribution in [3.63, 3.8) is 0 Å². The summed E-state index contributed by atoms with van der Waals surface area (Å²) < 4.78 is 76.2. The Morgan fingerprint density at radius 3 is 1.24 bits per heavy atom. The van der Waals surface area contributed by atoms with Crippen LogP contribution in [0.3, 0.4) is 0 Å². The second-order valence-corrected chi connectivity index (χ2v) is 8.38. The van der Waals surface area contributed by atoms with Gasteiger partial charge in [0.15, 0.2) is 0 Å². The van der Waals surface area contributed by atoms with Crippen molar-refractivity contribution in [1.82, 2.24) is 9.80 Å². The highest BCUT2D eigenvalue weighted by Gasteiger charge is 2.44. The molecule has 0 unspecified atom stereocenters. The zero-order chi connectivity index (χ0) is 25.3. The lowest BCUT2D eigenvalue weighted by atomic mass is 9.85. The zero-order valence-corrected chi connectivity index (χ0v) is 18.0. The first-order chi connectivity index (χ1) is 15.6. The average molecular weight is 527 g/mol. The predicted octanol–water partition coefficient (Wildman–Crippen LogP) is 5.24. The molecule has 0 bridgehead atoms. The van der Waals surface area contributed by atoms with Crippen LogP contribution in [0.5, 0.6) is 0 Å². The standard InChI is InChI=1S/C20H10Cl2F6N2O4/c21-9-6-8-12-11-7(15(31)29(17(33)13(9)11)3-1-19(23,24)25)5-10(22)14(12)18(34)30(16(8)32)4-2-20(26,27)28/h5-6H,1-4H2. The number of hydrogen-bond acceptors (Lipinski definition) is 4. The molecular formula is C20H10Cl2F6N2O4. The molecule has 2 aromatic carbocycles. The molecule has 180 valence electrons. The molecule has 2 aliphatic heterocycles. The third kappa shape index (κ3) is 3.88. The van der Waals surface area contributed by atoms with Gasteiger partial charge < -0.3 is 0 Å². The topological polar surface area (TPSA) is 74.8 Å². The molecule has 2 aliphatic rings. The van der Waals surface area contributed by atoms with Crippen molar-refractivity contribution in [3.05, 3.63) is 44.4 Å². The lowest BCUT2D eigenvalue weighted by Gasteiger charge is -2.33. The number of carbonyl (C=O) groups is 4. The summed E-state index contributed by atoms with van der Waals surface area (Å²) in [6.07, 6.45) is -12.3. The summed E-state index contributed by atoms with van der Waals surface area (Å²) in [4.78, 5) is 52.3. The summed E-state index contributed by atoms with van der Waals surface area (Å²) in [7, 11) is 0. The molecule has 34 heavy (non-hydrogen) atoms. The predicted molar refractivity (Wildman–Crippen MR) is 106 cm³/mol. The van der Waals surface area contributed by atoms with Gasteiger partial charge in [0.2, 0.25) is 0 Å². The molecule has 0 saturated heterocycles. The smallest absolute Gasteiger partial charge is 0.274 e. The number of nitrogens with zero attached hydrogens (tertiary/aromatic N) is 2. The highest BCUT2D eigenvalue weighted by atomic mass is 35.5. The molecule has 2 aromatic rings. The van der Waals surface area contributed by atoms with Gasteiger partial charge in [0.25, 0.3) is 23.6 Å². The maximum absolute atomic E-state index is 12.9. The number of rotatable bonds is 4. The molecule has 14 heteroatoms. The van der Waals surface area contributed by atoms with E-state index in [0.717, 1.165) is 12.1 Å². The molecule has 0 aromatic heterocycles. The minimum absolute atomic E-state index is 0.266. The fourth-order valence-electron chi connectivity index (χ4n) is 3.95. The SMILES string of the molecule is O=C1c2cc(Cl)c3c4c(cc(Cl)c(c24)C(=O)N1CCC(F)(F)F)C(=O)N(CCC(F)(F)F)C3=O. The van der Waals surface area contributed by atoms with Gasteiger partial charge in [-0.2, -0.15) is 26.3 Å². The Bertz CT molecular complexity index is 1210. The number of benzene rings is 2. The van der Waals surface area contributed by atoms with Crippen LogP contribution < -0.4 is 0 Å². The summed E-state index contributed by atoms with van der Waals surface area (Å²) in [5.74, 6) is -4.65. The van der Waals surface area contributed by atoms with Crippen molar-refractivity contribution >= 4 is 57.6 Å². The molecule has 0 radical (unpaired) electrons. The Hall–Kier alpha value is -2.86. The summed E-state index contributed by atoms with van der Waals surface area (Å²) in [6, 6.07) is 1.85. The quantitative estimate of drug-likeness (QED) is 0.403. The fraction of sp³-hybridized carbons (Fsp3) is 0.300. The van der Waals surface area contributed by atoms with Gasteiger partial charge in [-0.25, -0.2) is 0 Å². The second kappa shape index (κ2) is 7.84. The minimum atomic E-state index is -4.68. The number of halogens is 8. The fourth-order valence-corrected chi connectivity index (χ4v) is 4.52. The molecule has 4 amide bonds. The van der Waals surface area contributed by atoms with Crippen LogP contribution in [0.4, 0.5) is 26.3 Å². The van der Waals surface area contributed by atoms with Gasteiger partial charge in [0.05, 0.1) is 45.1 Å². The Morgan fingerprint density at radius 1 is 0.618 bits per heavy atom. The Kier molecular flexibility index (Phi) is 5.60. The van der Waals surface area contributed by atoms with Gasteiger partial charge in [-0.15, -0.1) is 0 Å². The van der Waals surface area contributed by atoms with E-state index in [9.17, 15) is 45.5 Å². The van der Waals surface area contributed by atoms with Crippen LogP contribution in [0.1, 0.15) is 54.3 Å². The van der Waals surface area contributed by atoms with E-state index >= 15 is 0 Å². The summed E-state index contributed by atoms with van der Waals surface area (Å²) in [5, 5.41) is -1.38. The van der Waals surface area contributed by atoms with Crippen molar-refractivity contribution in [2.24, 2.45) is 0 Å². The van der Waals surface area contributed by atoms with Gasteiger partial charge >= 0.3 is 12.4 Å². The molecule has 0 aliphatic carbocycles. The van der Waals surface area contributed by atoms with E-state index in [0.29, 0.717) is 9.80 Å². The zero-order valence-electron chi connectivity index (χ0n) is 16.5. The number of alkyl halides is 6. The van der Waals surface area contributed by atoms with Crippen LogP contribution in [0.2, 0.25) is 10.0 Å². The number of hydrogen-bond donors (Lipinski definition) is 0. The van der Waals surface area contributed by atoms with Gasteiger partial charge in [-0.05, 0) is 12.1 Å². The highest BCUT2D eigenvalue weighted by molar-refractivity contribution is 6.44. The lowest BCUT2D eigenvalue weighted by molar-refractivity contribution is -0.136. The first-order valence-corrected chi connectivity index (χ1v) is 10.2. The maximum Gasteiger partial charge on any atom is 0.390 e. The second-order valence-electron chi connectivity index (χ2n) is 7.57. The molecule has 6 nitrogen and oxygen atoms in total. The summed E-state index contributed by atoms with van der Waals surface area (Å²) in [5.41, 5.74) is -1.57. The van der Waals surface area contributed by atoms with Crippen LogP contribution in [-0.4, -0.2) is 58.9 Å². The highest BCUT2D eigenvalue weighted by Crippen LogP contribution is 2.44. The Balaban J connectivity index is 1.91.